The van der Waals surface area contributed by atoms with Crippen LogP contribution >= 0.6 is 0 Å². The Morgan fingerprint density at radius 3 is 1.20 bits per heavy atom. The van der Waals surface area contributed by atoms with Crippen LogP contribution in [0.5, 0.6) is 0 Å². The van der Waals surface area contributed by atoms with E-state index in [1.54, 1.807) is 6.08 Å². The van der Waals surface area contributed by atoms with E-state index in [0.717, 1.165) is 44.9 Å². The van der Waals surface area contributed by atoms with Crippen LogP contribution in [-0.2, 0) is 4.79 Å². The third-order valence-electron chi connectivity index (χ3n) is 11.1. The molecule has 0 aliphatic heterocycles. The van der Waals surface area contributed by atoms with Crippen LogP contribution in [0, 0.1) is 0 Å². The fourth-order valence-corrected chi connectivity index (χ4v) is 7.29. The molecule has 0 spiro atoms. The van der Waals surface area contributed by atoms with E-state index in [1.165, 1.54) is 180 Å². The molecule has 5 heteroatoms. The van der Waals surface area contributed by atoms with Gasteiger partial charge in [0.2, 0.25) is 5.91 Å². The van der Waals surface area contributed by atoms with Gasteiger partial charge in [0, 0.05) is 0 Å². The Hall–Kier alpha value is -1.69. The molecule has 0 saturated carbocycles. The molecule has 328 valence electrons. The number of hydrogen-bond acceptors (Lipinski definition) is 4. The monoisotopic (exact) mass is 786 g/mol. The van der Waals surface area contributed by atoms with Crippen molar-refractivity contribution < 1.29 is 20.1 Å². The Labute approximate surface area is 348 Å². The predicted octanol–water partition coefficient (Wildman–Crippen LogP) is 14.5. The fourth-order valence-electron chi connectivity index (χ4n) is 7.29. The number of carbonyl (C=O) groups is 1. The smallest absolute Gasteiger partial charge is 0.249 e. The summed E-state index contributed by atoms with van der Waals surface area (Å²) in [7, 11) is 0. The number of nitrogens with one attached hydrogen (secondary N) is 1. The predicted molar refractivity (Wildman–Crippen MR) is 245 cm³/mol. The van der Waals surface area contributed by atoms with Crippen molar-refractivity contribution in [1.29, 1.82) is 0 Å². The van der Waals surface area contributed by atoms with Crippen LogP contribution < -0.4 is 5.32 Å². The molecule has 0 aliphatic rings. The normalized spacial score (nSPS) is 13.9. The minimum absolute atomic E-state index is 0.377. The second-order valence-corrected chi connectivity index (χ2v) is 16.7. The van der Waals surface area contributed by atoms with Gasteiger partial charge in [0.1, 0.15) is 6.10 Å². The van der Waals surface area contributed by atoms with E-state index in [-0.39, 0.29) is 6.61 Å². The lowest BCUT2D eigenvalue weighted by atomic mass is 10.0. The van der Waals surface area contributed by atoms with E-state index in [2.05, 4.69) is 55.6 Å². The van der Waals surface area contributed by atoms with Gasteiger partial charge in [-0.15, -0.1) is 0 Å². The SMILES string of the molecule is CCCCCCCC/C=C/CC/C=C/C(O)C(CO)NC(=O)C(O)CCCCCCCCCCCCCCCC/C=C\C/C=C\CCCCCCCCCCC. The molecule has 4 N–H and O–H groups in total. The highest BCUT2D eigenvalue weighted by Crippen LogP contribution is 2.15. The van der Waals surface area contributed by atoms with Gasteiger partial charge < -0.3 is 20.6 Å². The van der Waals surface area contributed by atoms with Gasteiger partial charge in [-0.1, -0.05) is 229 Å². The third-order valence-corrected chi connectivity index (χ3v) is 11.1. The molecule has 3 unspecified atom stereocenters. The zero-order chi connectivity index (χ0) is 40.8. The van der Waals surface area contributed by atoms with Crippen molar-refractivity contribution in [1.82, 2.24) is 5.32 Å². The Morgan fingerprint density at radius 2 is 0.786 bits per heavy atom. The van der Waals surface area contributed by atoms with Crippen molar-refractivity contribution in [3.05, 3.63) is 48.6 Å². The summed E-state index contributed by atoms with van der Waals surface area (Å²) in [5, 5.41) is 33.1. The van der Waals surface area contributed by atoms with E-state index >= 15 is 0 Å². The summed E-state index contributed by atoms with van der Waals surface area (Å²) in [5.74, 6) is -0.514. The summed E-state index contributed by atoms with van der Waals surface area (Å²) in [6.45, 7) is 4.15. The molecule has 0 aromatic rings. The van der Waals surface area contributed by atoms with Crippen molar-refractivity contribution in [3.8, 4) is 0 Å². The maximum atomic E-state index is 12.5. The molecule has 0 saturated heterocycles. The molecule has 3 atom stereocenters. The number of aliphatic hydroxyl groups excluding tert-OH is 3. The van der Waals surface area contributed by atoms with Gasteiger partial charge in [0.05, 0.1) is 18.8 Å². The molecule has 0 radical (unpaired) electrons. The summed E-state index contributed by atoms with van der Waals surface area (Å²) in [6, 6.07) is -0.814. The largest absolute Gasteiger partial charge is 0.394 e. The van der Waals surface area contributed by atoms with Crippen LogP contribution in [0.1, 0.15) is 245 Å². The quantitative estimate of drug-likeness (QED) is 0.0366. The van der Waals surface area contributed by atoms with Gasteiger partial charge in [-0.25, -0.2) is 0 Å². The van der Waals surface area contributed by atoms with Crippen molar-refractivity contribution in [3.63, 3.8) is 0 Å². The topological polar surface area (TPSA) is 89.8 Å². The van der Waals surface area contributed by atoms with E-state index in [1.807, 2.05) is 6.08 Å². The first-order chi connectivity index (χ1) is 27.6. The number of aliphatic hydroxyl groups is 3. The molecular weight excluding hydrogens is 691 g/mol. The highest BCUT2D eigenvalue weighted by atomic mass is 16.3. The van der Waals surface area contributed by atoms with Crippen molar-refractivity contribution >= 4 is 5.91 Å². The Bertz CT molecular complexity index is 912. The highest BCUT2D eigenvalue weighted by Gasteiger charge is 2.22. The van der Waals surface area contributed by atoms with Gasteiger partial charge in [0.25, 0.3) is 0 Å². The lowest BCUT2D eigenvalue weighted by molar-refractivity contribution is -0.131. The number of carbonyl (C=O) groups excluding carboxylic acids is 1. The molecule has 0 fully saturated rings. The zero-order valence-electron chi connectivity index (χ0n) is 37.3. The van der Waals surface area contributed by atoms with Gasteiger partial charge in [-0.05, 0) is 64.2 Å². The molecule has 56 heavy (non-hydrogen) atoms. The second-order valence-electron chi connectivity index (χ2n) is 16.7. The average molecular weight is 786 g/mol. The maximum Gasteiger partial charge on any atom is 0.249 e. The van der Waals surface area contributed by atoms with Gasteiger partial charge in [-0.3, -0.25) is 4.79 Å². The fraction of sp³-hybridized carbons (Fsp3) is 0.824. The highest BCUT2D eigenvalue weighted by molar-refractivity contribution is 5.80. The van der Waals surface area contributed by atoms with Crippen LogP contribution in [0.4, 0.5) is 0 Å². The first kappa shape index (κ1) is 54.3. The number of amides is 1. The lowest BCUT2D eigenvalue weighted by Gasteiger charge is -2.21. The minimum Gasteiger partial charge on any atom is -0.394 e. The van der Waals surface area contributed by atoms with Gasteiger partial charge in [-0.2, -0.15) is 0 Å². The molecule has 0 rings (SSSR count). The number of unbranched alkanes of at least 4 members (excludes halogenated alkanes) is 30. The van der Waals surface area contributed by atoms with Crippen molar-refractivity contribution in [2.75, 3.05) is 6.61 Å². The Kier molecular flexibility index (Phi) is 44.6. The van der Waals surface area contributed by atoms with Crippen LogP contribution in [0.15, 0.2) is 48.6 Å². The van der Waals surface area contributed by atoms with Crippen molar-refractivity contribution in [2.45, 2.75) is 263 Å². The van der Waals surface area contributed by atoms with Crippen LogP contribution in [-0.4, -0.2) is 46.1 Å². The van der Waals surface area contributed by atoms with E-state index < -0.39 is 24.2 Å². The molecule has 0 aromatic heterocycles. The summed E-state index contributed by atoms with van der Waals surface area (Å²) in [5.41, 5.74) is 0. The number of hydrogen-bond donors (Lipinski definition) is 4. The Balaban J connectivity index is 3.58. The summed E-state index contributed by atoms with van der Waals surface area (Å²) in [4.78, 5) is 12.5. The summed E-state index contributed by atoms with van der Waals surface area (Å²) in [6.07, 6.45) is 60.3. The van der Waals surface area contributed by atoms with Crippen LogP contribution in [0.25, 0.3) is 0 Å². The van der Waals surface area contributed by atoms with Gasteiger partial charge >= 0.3 is 0 Å². The second kappa shape index (κ2) is 46.0. The molecule has 0 bridgehead atoms. The standard InChI is InChI=1S/C51H95NO4/c1-3-5-7-9-11-13-15-17-18-19-20-21-22-23-24-25-26-27-28-29-30-31-32-33-34-36-38-40-42-44-46-50(55)51(56)52-48(47-53)49(54)45-43-41-39-37-35-16-14-12-10-8-6-4-2/h20-21,23-24,35,37,43,45,48-50,53-55H,3-19,22,25-34,36,38-42,44,46-47H2,1-2H3,(H,52,56)/b21-20-,24-23-,37-35+,45-43+. The van der Waals surface area contributed by atoms with E-state index in [9.17, 15) is 20.1 Å². The van der Waals surface area contributed by atoms with Crippen molar-refractivity contribution in [2.24, 2.45) is 0 Å². The number of rotatable bonds is 44. The van der Waals surface area contributed by atoms with Gasteiger partial charge in [0.15, 0.2) is 0 Å². The Morgan fingerprint density at radius 1 is 0.446 bits per heavy atom. The van der Waals surface area contributed by atoms with E-state index in [4.69, 9.17) is 0 Å². The zero-order valence-corrected chi connectivity index (χ0v) is 37.3. The first-order valence-electron chi connectivity index (χ1n) is 24.5. The molecule has 5 nitrogen and oxygen atoms in total. The average Bonchev–Trinajstić information content (AvgIpc) is 3.20. The maximum absolute atomic E-state index is 12.5. The molecule has 0 aromatic carbocycles. The number of allylic oxidation sites excluding steroid dienone is 7. The molecule has 0 aliphatic carbocycles. The molecule has 1 amide bonds. The third kappa shape index (κ3) is 40.5. The molecular formula is C51H95NO4. The van der Waals surface area contributed by atoms with Crippen LogP contribution in [0.2, 0.25) is 0 Å². The molecule has 0 heterocycles. The minimum atomic E-state index is -1.11. The van der Waals surface area contributed by atoms with E-state index in [0.29, 0.717) is 6.42 Å². The lowest BCUT2D eigenvalue weighted by Crippen LogP contribution is -2.48. The summed E-state index contributed by atoms with van der Waals surface area (Å²) < 4.78 is 0. The summed E-state index contributed by atoms with van der Waals surface area (Å²) >= 11 is 0. The van der Waals surface area contributed by atoms with Crippen LogP contribution in [0.3, 0.4) is 0 Å². The first-order valence-corrected chi connectivity index (χ1v) is 24.5.